The fourth-order valence-electron chi connectivity index (χ4n) is 3.79. The van der Waals surface area contributed by atoms with Crippen molar-refractivity contribution in [2.45, 2.75) is 23.2 Å². The molecule has 1 saturated heterocycles. The van der Waals surface area contributed by atoms with Gasteiger partial charge < -0.3 is 0 Å². The number of piperidine rings is 1. The molecule has 31 heavy (non-hydrogen) atoms. The van der Waals surface area contributed by atoms with Crippen molar-refractivity contribution in [3.05, 3.63) is 54.3 Å². The monoisotopic (exact) mass is 537 g/mol. The molecule has 164 valence electrons. The zero-order valence-corrected chi connectivity index (χ0v) is 19.4. The van der Waals surface area contributed by atoms with Crippen LogP contribution in [0.15, 0.2) is 53.6 Å². The molecular formula is C22H24F2IN6-. The van der Waals surface area contributed by atoms with Gasteiger partial charge in [-0.05, 0) is 6.92 Å². The maximum atomic E-state index is 14.1. The fraction of sp³-hybridized carbons (Fsp3) is 0.364. The average Bonchev–Trinajstić information content (AvgIpc) is 3.19. The molecular weight excluding hydrogens is 513 g/mol. The molecule has 6 nitrogen and oxygen atoms in total. The van der Waals surface area contributed by atoms with Crippen LogP contribution in [-0.2, 0) is 0 Å². The number of alkyl halides is 2. The van der Waals surface area contributed by atoms with Crippen molar-refractivity contribution >= 4 is 26.3 Å². The van der Waals surface area contributed by atoms with E-state index in [4.69, 9.17) is 10.7 Å². The first-order chi connectivity index (χ1) is 15.1. The summed E-state index contributed by atoms with van der Waals surface area (Å²) in [4.78, 5) is 20.5. The molecule has 4 heterocycles. The number of anilines is 1. The molecule has 2 aromatic rings. The van der Waals surface area contributed by atoms with Gasteiger partial charge >= 0.3 is 162 Å². The van der Waals surface area contributed by atoms with Gasteiger partial charge in [-0.1, -0.05) is 6.08 Å². The summed E-state index contributed by atoms with van der Waals surface area (Å²) in [6.07, 6.45) is 9.88. The third-order valence-corrected chi connectivity index (χ3v) is 9.31. The summed E-state index contributed by atoms with van der Waals surface area (Å²) in [5.41, 5.74) is 7.04. The summed E-state index contributed by atoms with van der Waals surface area (Å²) in [7, 11) is 0. The molecule has 2 aliphatic rings. The van der Waals surface area contributed by atoms with E-state index in [1.54, 1.807) is 31.5 Å². The van der Waals surface area contributed by atoms with E-state index < -0.39 is 12.5 Å². The number of hydrogen-bond acceptors (Lipinski definition) is 6. The van der Waals surface area contributed by atoms with E-state index in [0.29, 0.717) is 20.3 Å². The van der Waals surface area contributed by atoms with Gasteiger partial charge in [0.15, 0.2) is 0 Å². The number of nitrogens with zero attached hydrogens (tertiary/aromatic N) is 5. The fourth-order valence-corrected chi connectivity index (χ4v) is 7.05. The number of hydrogen-bond donors (Lipinski definition) is 1. The third kappa shape index (κ3) is 4.60. The minimum absolute atomic E-state index is 0.130. The summed E-state index contributed by atoms with van der Waals surface area (Å²) in [5, 5.41) is 0. The summed E-state index contributed by atoms with van der Waals surface area (Å²) in [6, 6.07) is 3.42. The van der Waals surface area contributed by atoms with E-state index in [0.717, 1.165) is 38.3 Å². The van der Waals surface area contributed by atoms with Gasteiger partial charge in [0.1, 0.15) is 6.67 Å². The molecule has 0 aromatic carbocycles. The number of allylic oxidation sites excluding steroid dienone is 5. The van der Waals surface area contributed by atoms with Gasteiger partial charge in [-0.2, -0.15) is 0 Å². The molecule has 9 heteroatoms. The molecule has 0 amide bonds. The Labute approximate surface area is 190 Å². The summed E-state index contributed by atoms with van der Waals surface area (Å²) < 4.78 is 28.4. The van der Waals surface area contributed by atoms with Gasteiger partial charge in [-0.25, -0.2) is 8.78 Å². The van der Waals surface area contributed by atoms with Gasteiger partial charge in [0.25, 0.3) is 0 Å². The molecule has 0 radical (unpaired) electrons. The number of halogens is 3. The van der Waals surface area contributed by atoms with E-state index in [-0.39, 0.29) is 26.8 Å². The number of aliphatic imine (C=N–C) groups is 1. The van der Waals surface area contributed by atoms with Gasteiger partial charge in [-0.3, -0.25) is 0 Å². The second-order valence-corrected chi connectivity index (χ2v) is 11.3. The number of fused-ring (bicyclic) bond motifs is 1. The van der Waals surface area contributed by atoms with Crippen molar-refractivity contribution in [3.63, 3.8) is 0 Å². The van der Waals surface area contributed by atoms with Crippen LogP contribution in [0.1, 0.15) is 25.5 Å². The average molecular weight is 537 g/mol. The predicted octanol–water partition coefficient (Wildman–Crippen LogP) is 0.564. The van der Waals surface area contributed by atoms with Crippen LogP contribution in [0.25, 0.3) is 16.7 Å². The molecule has 0 unspecified atom stereocenters. The van der Waals surface area contributed by atoms with Crippen molar-refractivity contribution in [2.24, 2.45) is 10.7 Å². The molecule has 1 spiro atoms. The van der Waals surface area contributed by atoms with Crippen molar-refractivity contribution in [3.8, 4) is 0 Å². The first kappa shape index (κ1) is 21.8. The van der Waals surface area contributed by atoms with E-state index in [1.165, 1.54) is 15.9 Å². The third-order valence-electron chi connectivity index (χ3n) is 5.49. The van der Waals surface area contributed by atoms with E-state index in [2.05, 4.69) is 19.9 Å². The Balaban J connectivity index is 1.50. The van der Waals surface area contributed by atoms with Crippen LogP contribution >= 0.6 is 0 Å². The Bertz CT molecular complexity index is 1090. The number of rotatable bonds is 5. The quantitative estimate of drug-likeness (QED) is 0.343. The standard InChI is InChI=1S/C22H24F2IN6/c1-2-16(24)15(5-9-23)17-3-4-18-21(30-17)27-13-20(29-18)31-11-7-22(8-12-31)14-28-19(25-22)6-10-26/h2-6,10,13H,7-9,11-12,14,26H2,1H3/q-1/b10-6-,15-5+,16-2+. The van der Waals surface area contributed by atoms with E-state index in [1.807, 2.05) is 6.08 Å². The Morgan fingerprint density at radius 2 is 2.10 bits per heavy atom. The predicted molar refractivity (Wildman–Crippen MR) is 116 cm³/mol. The zero-order chi connectivity index (χ0) is 21.8. The number of aromatic nitrogens is 3. The molecule has 2 N–H and O–H groups in total. The Hall–Kier alpha value is -2.43. The first-order valence-electron chi connectivity index (χ1n) is 10.1. The second-order valence-electron chi connectivity index (χ2n) is 7.41. The number of pyridine rings is 1. The van der Waals surface area contributed by atoms with Crippen LogP contribution in [0.4, 0.5) is 14.6 Å². The minimum atomic E-state index is -0.769. The first-order valence-corrected chi connectivity index (χ1v) is 12.3. The van der Waals surface area contributed by atoms with Gasteiger partial charge in [0, 0.05) is 0 Å². The van der Waals surface area contributed by atoms with Crippen molar-refractivity contribution in [2.75, 3.05) is 31.2 Å². The molecule has 2 aliphatic heterocycles. The normalized spacial score (nSPS) is 19.8. The van der Waals surface area contributed by atoms with Gasteiger partial charge in [0.05, 0.1) is 0 Å². The molecule has 0 aliphatic carbocycles. The molecule has 0 saturated carbocycles. The SMILES string of the molecule is C/C=C(F)\C(=C/CF)c1ccc2nc(N3CCC4(CC3)CN=C(/C=C\N)[I-]4)cnc2n1. The van der Waals surface area contributed by atoms with E-state index in [9.17, 15) is 8.78 Å². The summed E-state index contributed by atoms with van der Waals surface area (Å²) >= 11 is -0.134. The molecule has 0 bridgehead atoms. The summed E-state index contributed by atoms with van der Waals surface area (Å²) in [6.45, 7) is 3.52. The Morgan fingerprint density at radius 1 is 1.29 bits per heavy atom. The molecule has 1 fully saturated rings. The van der Waals surface area contributed by atoms with Crippen molar-refractivity contribution in [1.29, 1.82) is 0 Å². The Morgan fingerprint density at radius 3 is 2.81 bits per heavy atom. The maximum absolute atomic E-state index is 14.1. The van der Waals surface area contributed by atoms with Crippen molar-refractivity contribution in [1.82, 2.24) is 15.0 Å². The molecule has 2 aromatic heterocycles. The van der Waals surface area contributed by atoms with Crippen LogP contribution in [0, 0.1) is 0 Å². The molecule has 0 atom stereocenters. The van der Waals surface area contributed by atoms with Crippen molar-refractivity contribution < 1.29 is 30.0 Å². The van der Waals surface area contributed by atoms with Crippen LogP contribution in [0.5, 0.6) is 0 Å². The second kappa shape index (κ2) is 9.37. The van der Waals surface area contributed by atoms with Crippen LogP contribution in [-0.4, -0.2) is 48.4 Å². The van der Waals surface area contributed by atoms with Crippen LogP contribution in [0.3, 0.4) is 0 Å². The van der Waals surface area contributed by atoms with E-state index >= 15 is 0 Å². The topological polar surface area (TPSA) is 80.3 Å². The van der Waals surface area contributed by atoms with Crippen LogP contribution < -0.4 is 31.8 Å². The Kier molecular flexibility index (Phi) is 6.59. The number of nitrogens with two attached hydrogens (primary N) is 1. The van der Waals surface area contributed by atoms with Crippen LogP contribution in [0.2, 0.25) is 0 Å². The molecule has 4 rings (SSSR count). The van der Waals surface area contributed by atoms with Gasteiger partial charge in [0.2, 0.25) is 0 Å². The summed E-state index contributed by atoms with van der Waals surface area (Å²) in [5.74, 6) is 0.301. The van der Waals surface area contributed by atoms with Gasteiger partial charge in [-0.15, -0.1) is 0 Å². The zero-order valence-electron chi connectivity index (χ0n) is 17.2.